The lowest BCUT2D eigenvalue weighted by Gasteiger charge is -2.25. The molecule has 0 saturated carbocycles. The number of carbonyl (C=O) groups is 3. The molecule has 0 spiro atoms. The lowest BCUT2D eigenvalue weighted by Crippen LogP contribution is -2.39. The van der Waals surface area contributed by atoms with Gasteiger partial charge in [-0.2, -0.15) is 0 Å². The van der Waals surface area contributed by atoms with Crippen molar-refractivity contribution in [1.29, 1.82) is 0 Å². The topological polar surface area (TPSA) is 73.8 Å². The molecule has 35 heavy (non-hydrogen) atoms. The number of amides is 3. The summed E-state index contributed by atoms with van der Waals surface area (Å²) in [5, 5.41) is 0.672. The average Bonchev–Trinajstić information content (AvgIpc) is 3.38. The largest absolute Gasteiger partial charge is 0.302 e. The molecule has 1 aliphatic heterocycles. The molecule has 0 unspecified atom stereocenters. The highest BCUT2D eigenvalue weighted by Crippen LogP contribution is 2.32. The van der Waals surface area contributed by atoms with Gasteiger partial charge in [0.25, 0.3) is 5.91 Å². The van der Waals surface area contributed by atoms with Crippen molar-refractivity contribution < 1.29 is 14.4 Å². The van der Waals surface area contributed by atoms with Crippen molar-refractivity contribution in [2.75, 3.05) is 36.0 Å². The molecule has 0 bridgehead atoms. The summed E-state index contributed by atoms with van der Waals surface area (Å²) in [5.41, 5.74) is 4.26. The Kier molecular flexibility index (Phi) is 8.64. The number of hydrogen-bond acceptors (Lipinski definition) is 6. The average molecular weight is 515 g/mol. The Morgan fingerprint density at radius 2 is 1.57 bits per heavy atom. The molecule has 186 valence electrons. The first-order valence-electron chi connectivity index (χ1n) is 11.7. The molecular formula is C26H31ClN4O3S. The minimum absolute atomic E-state index is 0. The van der Waals surface area contributed by atoms with Crippen molar-refractivity contribution in [3.63, 3.8) is 0 Å². The number of benzene rings is 2. The molecule has 3 amide bonds. The highest BCUT2D eigenvalue weighted by molar-refractivity contribution is 7.22. The van der Waals surface area contributed by atoms with Gasteiger partial charge < -0.3 is 4.90 Å². The predicted octanol–water partition coefficient (Wildman–Crippen LogP) is 4.98. The van der Waals surface area contributed by atoms with Crippen LogP contribution in [0.5, 0.6) is 0 Å². The molecule has 4 rings (SSSR count). The monoisotopic (exact) mass is 514 g/mol. The quantitative estimate of drug-likeness (QED) is 0.396. The van der Waals surface area contributed by atoms with Gasteiger partial charge in [0.2, 0.25) is 11.8 Å². The fourth-order valence-electron chi connectivity index (χ4n) is 4.12. The second kappa shape index (κ2) is 11.3. The van der Waals surface area contributed by atoms with E-state index in [4.69, 9.17) is 4.98 Å². The van der Waals surface area contributed by atoms with E-state index in [0.29, 0.717) is 22.9 Å². The van der Waals surface area contributed by atoms with Gasteiger partial charge in [0.15, 0.2) is 5.13 Å². The lowest BCUT2D eigenvalue weighted by atomic mass is 10.1. The van der Waals surface area contributed by atoms with Gasteiger partial charge in [-0.15, -0.1) is 12.4 Å². The van der Waals surface area contributed by atoms with Crippen LogP contribution in [0.1, 0.15) is 48.2 Å². The van der Waals surface area contributed by atoms with E-state index >= 15 is 0 Å². The van der Waals surface area contributed by atoms with E-state index in [9.17, 15) is 14.4 Å². The minimum atomic E-state index is -0.204. The number of aromatic nitrogens is 1. The summed E-state index contributed by atoms with van der Waals surface area (Å²) >= 11 is 1.52. The first-order chi connectivity index (χ1) is 16.3. The van der Waals surface area contributed by atoms with Crippen molar-refractivity contribution in [2.45, 2.75) is 40.5 Å². The van der Waals surface area contributed by atoms with E-state index in [0.717, 1.165) is 29.9 Å². The van der Waals surface area contributed by atoms with Gasteiger partial charge in [-0.05, 0) is 74.5 Å². The Morgan fingerprint density at radius 3 is 2.17 bits per heavy atom. The number of nitrogens with zero attached hydrogens (tertiary/aromatic N) is 4. The number of anilines is 2. The molecule has 9 heteroatoms. The van der Waals surface area contributed by atoms with E-state index < -0.39 is 0 Å². The van der Waals surface area contributed by atoms with Crippen molar-refractivity contribution in [3.05, 3.63) is 53.1 Å². The maximum absolute atomic E-state index is 13.6. The van der Waals surface area contributed by atoms with Crippen LogP contribution in [0.3, 0.4) is 0 Å². The molecule has 2 heterocycles. The van der Waals surface area contributed by atoms with Gasteiger partial charge in [-0.1, -0.05) is 25.2 Å². The van der Waals surface area contributed by atoms with Crippen molar-refractivity contribution in [2.24, 2.45) is 0 Å². The highest BCUT2D eigenvalue weighted by atomic mass is 35.5. The van der Waals surface area contributed by atoms with Crippen LogP contribution in [0.15, 0.2) is 36.4 Å². The maximum atomic E-state index is 13.6. The lowest BCUT2D eigenvalue weighted by molar-refractivity contribution is -0.121. The van der Waals surface area contributed by atoms with Crippen LogP contribution in [0.2, 0.25) is 0 Å². The maximum Gasteiger partial charge on any atom is 0.260 e. The van der Waals surface area contributed by atoms with Crippen LogP contribution in [0.25, 0.3) is 10.2 Å². The zero-order valence-corrected chi connectivity index (χ0v) is 22.2. The third-order valence-electron chi connectivity index (χ3n) is 6.43. The summed E-state index contributed by atoms with van der Waals surface area (Å²) < 4.78 is 1.06. The second-order valence-electron chi connectivity index (χ2n) is 8.55. The van der Waals surface area contributed by atoms with Crippen LogP contribution in [-0.4, -0.2) is 53.8 Å². The number of hydrogen-bond donors (Lipinski definition) is 0. The van der Waals surface area contributed by atoms with E-state index in [1.54, 1.807) is 29.2 Å². The van der Waals surface area contributed by atoms with Crippen LogP contribution in [0.4, 0.5) is 10.8 Å². The summed E-state index contributed by atoms with van der Waals surface area (Å²) in [6, 6.07) is 10.9. The number of rotatable bonds is 8. The molecule has 1 aromatic heterocycles. The highest BCUT2D eigenvalue weighted by Gasteiger charge is 2.30. The van der Waals surface area contributed by atoms with Crippen molar-refractivity contribution in [1.82, 2.24) is 9.88 Å². The number of thiazole rings is 1. The fraction of sp³-hybridized carbons (Fsp3) is 0.385. The number of likely N-dealkylation sites (N-methyl/N-ethyl adjacent to an activating group) is 1. The van der Waals surface area contributed by atoms with Gasteiger partial charge >= 0.3 is 0 Å². The van der Waals surface area contributed by atoms with Gasteiger partial charge in [0.1, 0.15) is 0 Å². The molecule has 0 aliphatic carbocycles. The molecule has 0 atom stereocenters. The number of carbonyl (C=O) groups excluding carboxylic acids is 3. The van der Waals surface area contributed by atoms with Gasteiger partial charge in [-0.25, -0.2) is 4.98 Å². The molecule has 3 aromatic rings. The molecule has 1 fully saturated rings. The molecule has 2 aromatic carbocycles. The molecular weight excluding hydrogens is 484 g/mol. The number of fused-ring (bicyclic) bond motifs is 1. The van der Waals surface area contributed by atoms with Crippen molar-refractivity contribution in [3.8, 4) is 0 Å². The third kappa shape index (κ3) is 5.55. The number of aryl methyl sites for hydroxylation is 2. The van der Waals surface area contributed by atoms with E-state index in [2.05, 4.69) is 44.7 Å². The van der Waals surface area contributed by atoms with Gasteiger partial charge in [0.05, 0.1) is 15.9 Å². The standard InChI is InChI=1S/C26H30N4O3S.ClH/c1-5-28(6-2)13-14-29(26-27-21-15-17(3)18(4)16-22(21)34-26)25(33)19-7-9-20(10-8-19)30-23(31)11-12-24(30)32;/h7-10,15-16H,5-6,11-14H2,1-4H3;1H. The second-order valence-corrected chi connectivity index (χ2v) is 9.56. The van der Waals surface area contributed by atoms with Gasteiger partial charge in [0, 0.05) is 31.5 Å². The summed E-state index contributed by atoms with van der Waals surface area (Å²) in [4.78, 5) is 47.8. The molecule has 7 nitrogen and oxygen atoms in total. The first-order valence-corrected chi connectivity index (χ1v) is 12.5. The van der Waals surface area contributed by atoms with E-state index in [-0.39, 0.29) is 43.0 Å². The summed E-state index contributed by atoms with van der Waals surface area (Å²) in [5.74, 6) is -0.555. The van der Waals surface area contributed by atoms with Crippen LogP contribution >= 0.6 is 23.7 Å². The smallest absolute Gasteiger partial charge is 0.260 e. The van der Waals surface area contributed by atoms with Gasteiger partial charge in [-0.3, -0.25) is 24.2 Å². The van der Waals surface area contributed by atoms with Crippen LogP contribution < -0.4 is 9.80 Å². The zero-order chi connectivity index (χ0) is 24.4. The molecule has 1 saturated heterocycles. The minimum Gasteiger partial charge on any atom is -0.302 e. The first kappa shape index (κ1) is 26.8. The van der Waals surface area contributed by atoms with E-state index in [1.165, 1.54) is 27.4 Å². The third-order valence-corrected chi connectivity index (χ3v) is 7.47. The SMILES string of the molecule is CCN(CC)CCN(C(=O)c1ccc(N2C(=O)CCC2=O)cc1)c1nc2cc(C)c(C)cc2s1.Cl. The van der Waals surface area contributed by atoms with E-state index in [1.807, 2.05) is 0 Å². The Bertz CT molecular complexity index is 1180. The normalized spacial score (nSPS) is 13.6. The molecule has 0 N–H and O–H groups in total. The van der Waals surface area contributed by atoms with Crippen LogP contribution in [-0.2, 0) is 9.59 Å². The van der Waals surface area contributed by atoms with Crippen molar-refractivity contribution >= 4 is 62.5 Å². The number of imide groups is 1. The summed E-state index contributed by atoms with van der Waals surface area (Å²) in [7, 11) is 0. The Labute approximate surface area is 216 Å². The number of halogens is 1. The molecule has 0 radical (unpaired) electrons. The molecule has 1 aliphatic rings. The van der Waals surface area contributed by atoms with Crippen LogP contribution in [0, 0.1) is 13.8 Å². The predicted molar refractivity (Wildman–Crippen MR) is 144 cm³/mol. The summed E-state index contributed by atoms with van der Waals surface area (Å²) in [6.07, 6.45) is 0.463. The summed E-state index contributed by atoms with van der Waals surface area (Å²) in [6.45, 7) is 11.4. The zero-order valence-electron chi connectivity index (χ0n) is 20.5. The Balaban J connectivity index is 0.00000342. The fourth-order valence-corrected chi connectivity index (χ4v) is 5.19. The Hall–Kier alpha value is -2.81. The Morgan fingerprint density at radius 1 is 0.971 bits per heavy atom.